The van der Waals surface area contributed by atoms with E-state index in [0.29, 0.717) is 12.5 Å². The highest BCUT2D eigenvalue weighted by Crippen LogP contribution is 2.22. The number of nitrogens with one attached hydrogen (secondary N) is 1. The van der Waals surface area contributed by atoms with Gasteiger partial charge in [0.05, 0.1) is 13.0 Å². The van der Waals surface area contributed by atoms with Crippen LogP contribution in [-0.4, -0.2) is 19.3 Å². The van der Waals surface area contributed by atoms with Crippen molar-refractivity contribution in [1.29, 1.82) is 0 Å². The fraction of sp³-hybridized carbons (Fsp3) is 0.571. The minimum absolute atomic E-state index is 0.151. The lowest BCUT2D eigenvalue weighted by molar-refractivity contribution is -0.139. The summed E-state index contributed by atoms with van der Waals surface area (Å²) in [5, 5.41) is 3.15. The maximum absolute atomic E-state index is 13.6. The van der Waals surface area contributed by atoms with Crippen molar-refractivity contribution in [2.45, 2.75) is 33.0 Å². The molecular weight excluding hydrogens is 274 g/mol. The van der Waals surface area contributed by atoms with E-state index < -0.39 is 25.0 Å². The van der Waals surface area contributed by atoms with Crippen molar-refractivity contribution in [2.75, 3.05) is 13.2 Å². The Hall–Kier alpha value is -1.30. The molecular formula is C14H19F4NO. The van der Waals surface area contributed by atoms with Gasteiger partial charge >= 0.3 is 6.18 Å². The van der Waals surface area contributed by atoms with Crippen LogP contribution in [0.3, 0.4) is 0 Å². The van der Waals surface area contributed by atoms with Crippen LogP contribution in [-0.2, 0) is 6.54 Å². The molecule has 0 aliphatic heterocycles. The van der Waals surface area contributed by atoms with Crippen LogP contribution in [0.5, 0.6) is 5.75 Å². The molecule has 1 rings (SSSR count). The lowest BCUT2D eigenvalue weighted by Crippen LogP contribution is -2.19. The number of ether oxygens (including phenoxy) is 1. The Kier molecular flexibility index (Phi) is 6.26. The van der Waals surface area contributed by atoms with Gasteiger partial charge in [-0.2, -0.15) is 13.2 Å². The zero-order chi connectivity index (χ0) is 15.2. The maximum atomic E-state index is 13.6. The Labute approximate surface area is 116 Å². The predicted octanol–water partition coefficient (Wildman–Crippen LogP) is 3.90. The third kappa shape index (κ3) is 6.75. The first kappa shape index (κ1) is 16.8. The van der Waals surface area contributed by atoms with Gasteiger partial charge in [0.25, 0.3) is 0 Å². The van der Waals surface area contributed by atoms with E-state index >= 15 is 0 Å². The van der Waals surface area contributed by atoms with E-state index in [0.717, 1.165) is 12.1 Å². The van der Waals surface area contributed by atoms with E-state index in [1.165, 1.54) is 12.1 Å². The normalized spacial score (nSPS) is 11.9. The van der Waals surface area contributed by atoms with Crippen molar-refractivity contribution in [3.63, 3.8) is 0 Å². The summed E-state index contributed by atoms with van der Waals surface area (Å²) in [4.78, 5) is 0. The average molecular weight is 293 g/mol. The summed E-state index contributed by atoms with van der Waals surface area (Å²) >= 11 is 0. The van der Waals surface area contributed by atoms with E-state index in [1.54, 1.807) is 6.07 Å². The van der Waals surface area contributed by atoms with E-state index in [-0.39, 0.29) is 5.75 Å². The molecule has 0 aliphatic rings. The summed E-state index contributed by atoms with van der Waals surface area (Å²) in [6.07, 6.45) is -5.39. The monoisotopic (exact) mass is 293 g/mol. The van der Waals surface area contributed by atoms with Gasteiger partial charge in [-0.3, -0.25) is 0 Å². The van der Waals surface area contributed by atoms with Crippen LogP contribution in [0.25, 0.3) is 0 Å². The Balaban J connectivity index is 2.47. The summed E-state index contributed by atoms with van der Waals surface area (Å²) in [5.74, 6) is -0.303. The molecule has 0 heterocycles. The molecule has 0 unspecified atom stereocenters. The Morgan fingerprint density at radius 2 is 1.95 bits per heavy atom. The molecule has 0 aromatic heterocycles. The van der Waals surface area contributed by atoms with Crippen molar-refractivity contribution < 1.29 is 22.3 Å². The number of hydrogen-bond donors (Lipinski definition) is 1. The second kappa shape index (κ2) is 7.47. The quantitative estimate of drug-likeness (QED) is 0.770. The molecule has 1 aromatic rings. The van der Waals surface area contributed by atoms with Crippen LogP contribution in [0.1, 0.15) is 25.8 Å². The lowest BCUT2D eigenvalue weighted by Gasteiger charge is -2.11. The van der Waals surface area contributed by atoms with E-state index in [2.05, 4.69) is 19.2 Å². The van der Waals surface area contributed by atoms with Crippen LogP contribution >= 0.6 is 0 Å². The van der Waals surface area contributed by atoms with Crippen LogP contribution in [0.15, 0.2) is 18.2 Å². The fourth-order valence-electron chi connectivity index (χ4n) is 1.55. The zero-order valence-corrected chi connectivity index (χ0v) is 11.6. The van der Waals surface area contributed by atoms with Gasteiger partial charge in [-0.1, -0.05) is 19.9 Å². The zero-order valence-electron chi connectivity index (χ0n) is 11.6. The minimum atomic E-state index is -4.29. The first-order chi connectivity index (χ1) is 9.28. The number of alkyl halides is 3. The number of halogens is 4. The van der Waals surface area contributed by atoms with E-state index in [9.17, 15) is 17.6 Å². The van der Waals surface area contributed by atoms with Crippen molar-refractivity contribution in [3.8, 4) is 5.75 Å². The highest BCUT2D eigenvalue weighted by Gasteiger charge is 2.27. The lowest BCUT2D eigenvalue weighted by atomic mass is 10.2. The summed E-state index contributed by atoms with van der Waals surface area (Å²) < 4.78 is 54.3. The second-order valence-corrected chi connectivity index (χ2v) is 5.00. The second-order valence-electron chi connectivity index (χ2n) is 5.00. The van der Waals surface area contributed by atoms with Crippen molar-refractivity contribution in [3.05, 3.63) is 29.6 Å². The van der Waals surface area contributed by atoms with Gasteiger partial charge in [0.2, 0.25) is 0 Å². The molecule has 1 aromatic carbocycles. The standard InChI is InChI=1S/C14H19F4NO/c1-10(2)8-19-9-11-3-4-13(12(15)7-11)20-6-5-14(16,17)18/h3-4,7,10,19H,5-6,8-9H2,1-2H3. The average Bonchev–Trinajstić information content (AvgIpc) is 2.30. The molecule has 0 fully saturated rings. The third-order valence-electron chi connectivity index (χ3n) is 2.52. The smallest absolute Gasteiger partial charge is 0.392 e. The first-order valence-electron chi connectivity index (χ1n) is 6.46. The molecule has 1 N–H and O–H groups in total. The molecule has 20 heavy (non-hydrogen) atoms. The molecule has 2 nitrogen and oxygen atoms in total. The van der Waals surface area contributed by atoms with Gasteiger partial charge in [0.15, 0.2) is 11.6 Å². The van der Waals surface area contributed by atoms with Crippen molar-refractivity contribution in [1.82, 2.24) is 5.32 Å². The molecule has 0 radical (unpaired) electrons. The van der Waals surface area contributed by atoms with E-state index in [4.69, 9.17) is 4.74 Å². The van der Waals surface area contributed by atoms with Gasteiger partial charge < -0.3 is 10.1 Å². The molecule has 0 saturated heterocycles. The number of benzene rings is 1. The predicted molar refractivity (Wildman–Crippen MR) is 69.1 cm³/mol. The number of hydrogen-bond acceptors (Lipinski definition) is 2. The largest absolute Gasteiger partial charge is 0.490 e. The highest BCUT2D eigenvalue weighted by molar-refractivity contribution is 5.29. The fourth-order valence-corrected chi connectivity index (χ4v) is 1.55. The molecule has 0 saturated carbocycles. The Morgan fingerprint density at radius 3 is 2.50 bits per heavy atom. The molecule has 0 spiro atoms. The Morgan fingerprint density at radius 1 is 1.25 bits per heavy atom. The van der Waals surface area contributed by atoms with Gasteiger partial charge in [0.1, 0.15) is 0 Å². The molecule has 6 heteroatoms. The summed E-state index contributed by atoms with van der Waals surface area (Å²) in [6.45, 7) is 4.87. The van der Waals surface area contributed by atoms with Gasteiger partial charge in [-0.05, 0) is 30.2 Å². The third-order valence-corrected chi connectivity index (χ3v) is 2.52. The summed E-state index contributed by atoms with van der Waals surface area (Å²) in [7, 11) is 0. The topological polar surface area (TPSA) is 21.3 Å². The van der Waals surface area contributed by atoms with Gasteiger partial charge in [-0.15, -0.1) is 0 Å². The SMILES string of the molecule is CC(C)CNCc1ccc(OCCC(F)(F)F)c(F)c1. The molecule has 0 atom stereocenters. The minimum Gasteiger partial charge on any atom is -0.490 e. The van der Waals surface area contributed by atoms with Crippen LogP contribution in [0, 0.1) is 11.7 Å². The van der Waals surface area contributed by atoms with E-state index in [1.807, 2.05) is 0 Å². The Bertz CT molecular complexity index is 418. The van der Waals surface area contributed by atoms with Crippen molar-refractivity contribution in [2.24, 2.45) is 5.92 Å². The van der Waals surface area contributed by atoms with Gasteiger partial charge in [0, 0.05) is 6.54 Å². The molecule has 0 amide bonds. The highest BCUT2D eigenvalue weighted by atomic mass is 19.4. The van der Waals surface area contributed by atoms with Gasteiger partial charge in [-0.25, -0.2) is 4.39 Å². The molecule has 0 bridgehead atoms. The maximum Gasteiger partial charge on any atom is 0.392 e. The molecule has 114 valence electrons. The van der Waals surface area contributed by atoms with Crippen LogP contribution < -0.4 is 10.1 Å². The number of rotatable bonds is 7. The van der Waals surface area contributed by atoms with Crippen molar-refractivity contribution >= 4 is 0 Å². The van der Waals surface area contributed by atoms with Crippen LogP contribution in [0.2, 0.25) is 0 Å². The summed E-state index contributed by atoms with van der Waals surface area (Å²) in [6, 6.07) is 4.27. The van der Waals surface area contributed by atoms with Crippen LogP contribution in [0.4, 0.5) is 17.6 Å². The first-order valence-corrected chi connectivity index (χ1v) is 6.46. The summed E-state index contributed by atoms with van der Waals surface area (Å²) in [5.41, 5.74) is 0.728. The molecule has 0 aliphatic carbocycles.